The molecule has 4 aromatic rings. The maximum Gasteiger partial charge on any atom is 0.417 e. The summed E-state index contributed by atoms with van der Waals surface area (Å²) >= 11 is 5.65. The van der Waals surface area contributed by atoms with Gasteiger partial charge in [-0.05, 0) is 61.9 Å². The van der Waals surface area contributed by atoms with Crippen LogP contribution in [0, 0.1) is 0 Å². The Balaban J connectivity index is 1.24. The first-order valence-corrected chi connectivity index (χ1v) is 15.7. The predicted molar refractivity (Wildman–Crippen MR) is 175 cm³/mol. The fraction of sp³-hybridized carbons (Fsp3) is 0.364. The molecule has 1 fully saturated rings. The average molecular weight is 690 g/mol. The molecule has 0 saturated carbocycles. The van der Waals surface area contributed by atoms with Gasteiger partial charge < -0.3 is 34.3 Å². The summed E-state index contributed by atoms with van der Waals surface area (Å²) in [6.45, 7) is 7.92. The minimum absolute atomic E-state index is 0.0670. The van der Waals surface area contributed by atoms with E-state index in [2.05, 4.69) is 25.5 Å². The topological polar surface area (TPSA) is 116 Å². The highest BCUT2D eigenvalue weighted by Gasteiger charge is 2.33. The molecule has 2 heterocycles. The van der Waals surface area contributed by atoms with Crippen LogP contribution in [0.3, 0.4) is 0 Å². The Kier molecular flexibility index (Phi) is 12.1. The van der Waals surface area contributed by atoms with Gasteiger partial charge in [0.15, 0.2) is 11.5 Å². The molecule has 0 atom stereocenters. The van der Waals surface area contributed by atoms with E-state index in [9.17, 15) is 18.0 Å². The molecular weight excluding hydrogens is 655 g/mol. The lowest BCUT2D eigenvalue weighted by atomic mass is 10.2. The normalized spacial score (nSPS) is 13.7. The number of amides is 2. The van der Waals surface area contributed by atoms with E-state index in [0.717, 1.165) is 51.4 Å². The molecule has 48 heavy (non-hydrogen) atoms. The fourth-order valence-corrected chi connectivity index (χ4v) is 5.05. The van der Waals surface area contributed by atoms with E-state index >= 15 is 0 Å². The van der Waals surface area contributed by atoms with Crippen LogP contribution >= 0.6 is 11.6 Å². The molecule has 0 spiro atoms. The summed E-state index contributed by atoms with van der Waals surface area (Å²) in [5.74, 6) is 1.74. The number of rotatable bonds is 14. The standard InChI is InChI=1S/C33H35ClF3N5O6/c1-2-44-16-17-47-29-19-25-28(20-30(29)46-13-3-10-42-11-14-45-15-12-42)38-21-39-31(25)48-24-7-4-22(5-8-24)40-32(43)41-23-6-9-27(34)26(18-23)33(35,36)37/h4-9,18-21H,2-3,10-17H2,1H3,(H2,40,41,43). The Morgan fingerprint density at radius 2 is 1.65 bits per heavy atom. The number of carbonyl (C=O) groups is 1. The molecule has 11 nitrogen and oxygen atoms in total. The SMILES string of the molecule is CCOCCOc1cc2c(Oc3ccc(NC(=O)Nc4ccc(Cl)c(C(F)(F)F)c4)cc3)ncnc2cc1OCCCN1CCOCC1. The third kappa shape index (κ3) is 9.83. The number of benzene rings is 3. The van der Waals surface area contributed by atoms with E-state index in [1.807, 2.05) is 6.92 Å². The Morgan fingerprint density at radius 1 is 0.938 bits per heavy atom. The number of morpholine rings is 1. The molecule has 1 aliphatic heterocycles. The number of anilines is 2. The number of hydrogen-bond donors (Lipinski definition) is 2. The monoisotopic (exact) mass is 689 g/mol. The van der Waals surface area contributed by atoms with Crippen LogP contribution in [0.5, 0.6) is 23.1 Å². The largest absolute Gasteiger partial charge is 0.490 e. The van der Waals surface area contributed by atoms with E-state index in [4.69, 9.17) is 35.3 Å². The predicted octanol–water partition coefficient (Wildman–Crippen LogP) is 7.25. The molecule has 3 aromatic carbocycles. The summed E-state index contributed by atoms with van der Waals surface area (Å²) in [5, 5.41) is 5.07. The van der Waals surface area contributed by atoms with Crippen molar-refractivity contribution >= 4 is 39.9 Å². The molecule has 2 amide bonds. The molecule has 1 saturated heterocycles. The van der Waals surface area contributed by atoms with Gasteiger partial charge in [0, 0.05) is 43.7 Å². The van der Waals surface area contributed by atoms with Crippen LogP contribution in [0.4, 0.5) is 29.3 Å². The molecule has 0 radical (unpaired) electrons. The molecule has 256 valence electrons. The minimum atomic E-state index is -4.66. The Labute approximate surface area is 280 Å². The molecule has 0 aliphatic carbocycles. The average Bonchev–Trinajstić information content (AvgIpc) is 3.07. The van der Waals surface area contributed by atoms with Crippen LogP contribution < -0.4 is 24.8 Å². The van der Waals surface area contributed by atoms with E-state index in [0.29, 0.717) is 60.3 Å². The Morgan fingerprint density at radius 3 is 2.40 bits per heavy atom. The number of nitrogens with one attached hydrogen (secondary N) is 2. The lowest BCUT2D eigenvalue weighted by Gasteiger charge is -2.26. The Bertz CT molecular complexity index is 1670. The maximum absolute atomic E-state index is 13.2. The quantitative estimate of drug-likeness (QED) is 0.132. The van der Waals surface area contributed by atoms with Gasteiger partial charge in [-0.3, -0.25) is 4.90 Å². The molecular formula is C33H35ClF3N5O6. The smallest absolute Gasteiger partial charge is 0.417 e. The van der Waals surface area contributed by atoms with Crippen LogP contribution in [0.15, 0.2) is 60.9 Å². The number of carbonyl (C=O) groups excluding carboxylic acids is 1. The van der Waals surface area contributed by atoms with Gasteiger partial charge in [0.05, 0.1) is 47.9 Å². The van der Waals surface area contributed by atoms with Crippen LogP contribution in [-0.4, -0.2) is 80.2 Å². The number of aromatic nitrogens is 2. The van der Waals surface area contributed by atoms with Gasteiger partial charge in [-0.1, -0.05) is 11.6 Å². The number of alkyl halides is 3. The summed E-state index contributed by atoms with van der Waals surface area (Å²) in [7, 11) is 0. The van der Waals surface area contributed by atoms with Gasteiger partial charge in [0.1, 0.15) is 18.7 Å². The lowest BCUT2D eigenvalue weighted by molar-refractivity contribution is -0.137. The third-order valence-electron chi connectivity index (χ3n) is 7.19. The van der Waals surface area contributed by atoms with E-state index < -0.39 is 22.8 Å². The third-order valence-corrected chi connectivity index (χ3v) is 7.52. The van der Waals surface area contributed by atoms with Crippen LogP contribution in [0.1, 0.15) is 18.9 Å². The number of hydrogen-bond acceptors (Lipinski definition) is 9. The van der Waals surface area contributed by atoms with Crippen molar-refractivity contribution in [2.45, 2.75) is 19.5 Å². The number of nitrogens with zero attached hydrogens (tertiary/aromatic N) is 3. The van der Waals surface area contributed by atoms with Crippen molar-refractivity contribution in [1.82, 2.24) is 14.9 Å². The summed E-state index contributed by atoms with van der Waals surface area (Å²) in [6, 6.07) is 12.3. The second-order valence-corrected chi connectivity index (χ2v) is 11.0. The molecule has 5 rings (SSSR count). The summed E-state index contributed by atoms with van der Waals surface area (Å²) < 4.78 is 68.6. The van der Waals surface area contributed by atoms with Crippen molar-refractivity contribution in [3.05, 3.63) is 71.5 Å². The van der Waals surface area contributed by atoms with E-state index in [1.54, 1.807) is 36.4 Å². The summed E-state index contributed by atoms with van der Waals surface area (Å²) in [4.78, 5) is 23.5. The molecule has 2 N–H and O–H groups in total. The van der Waals surface area contributed by atoms with Crippen molar-refractivity contribution in [2.75, 3.05) is 69.9 Å². The highest BCUT2D eigenvalue weighted by Crippen LogP contribution is 2.37. The van der Waals surface area contributed by atoms with E-state index in [1.165, 1.54) is 12.4 Å². The first-order chi connectivity index (χ1) is 23.2. The number of halogens is 4. The summed E-state index contributed by atoms with van der Waals surface area (Å²) in [6.07, 6.45) is -2.44. The number of fused-ring (bicyclic) bond motifs is 1. The lowest BCUT2D eigenvalue weighted by Crippen LogP contribution is -2.37. The van der Waals surface area contributed by atoms with Crippen LogP contribution in [0.25, 0.3) is 10.9 Å². The number of ether oxygens (including phenoxy) is 5. The zero-order valence-corrected chi connectivity index (χ0v) is 26.9. The van der Waals surface area contributed by atoms with Crippen molar-refractivity contribution < 1.29 is 41.7 Å². The zero-order valence-electron chi connectivity index (χ0n) is 26.1. The van der Waals surface area contributed by atoms with Gasteiger partial charge in [0.25, 0.3) is 0 Å². The molecule has 0 unspecified atom stereocenters. The van der Waals surface area contributed by atoms with Gasteiger partial charge in [-0.2, -0.15) is 13.2 Å². The fourth-order valence-electron chi connectivity index (χ4n) is 4.83. The second-order valence-electron chi connectivity index (χ2n) is 10.6. The minimum Gasteiger partial charge on any atom is -0.490 e. The van der Waals surface area contributed by atoms with Gasteiger partial charge in [-0.25, -0.2) is 14.8 Å². The molecule has 0 bridgehead atoms. The second kappa shape index (κ2) is 16.6. The zero-order chi connectivity index (χ0) is 33.9. The first-order valence-electron chi connectivity index (χ1n) is 15.3. The summed E-state index contributed by atoms with van der Waals surface area (Å²) in [5.41, 5.74) is -0.153. The van der Waals surface area contributed by atoms with Gasteiger partial charge >= 0.3 is 12.2 Å². The van der Waals surface area contributed by atoms with Crippen LogP contribution in [-0.2, 0) is 15.7 Å². The first kappa shape index (κ1) is 35.0. The molecule has 15 heteroatoms. The molecule has 1 aliphatic rings. The van der Waals surface area contributed by atoms with Crippen molar-refractivity contribution in [1.29, 1.82) is 0 Å². The number of urea groups is 1. The van der Waals surface area contributed by atoms with Crippen molar-refractivity contribution in [3.63, 3.8) is 0 Å². The van der Waals surface area contributed by atoms with Crippen LogP contribution in [0.2, 0.25) is 5.02 Å². The van der Waals surface area contributed by atoms with Crippen molar-refractivity contribution in [2.24, 2.45) is 0 Å². The van der Waals surface area contributed by atoms with Gasteiger partial charge in [-0.15, -0.1) is 0 Å². The highest BCUT2D eigenvalue weighted by molar-refractivity contribution is 6.31. The maximum atomic E-state index is 13.2. The van der Waals surface area contributed by atoms with E-state index in [-0.39, 0.29) is 11.6 Å². The highest BCUT2D eigenvalue weighted by atomic mass is 35.5. The Hall–Kier alpha value is -4.37. The molecule has 1 aromatic heterocycles. The van der Waals surface area contributed by atoms with Gasteiger partial charge in [0.2, 0.25) is 5.88 Å². The van der Waals surface area contributed by atoms with Crippen molar-refractivity contribution in [3.8, 4) is 23.1 Å².